The number of carbonyl (C=O) groups is 1. The lowest BCUT2D eigenvalue weighted by Gasteiger charge is -2.35. The zero-order valence-corrected chi connectivity index (χ0v) is 10.4. The first-order valence-corrected chi connectivity index (χ1v) is 5.89. The van der Waals surface area contributed by atoms with Gasteiger partial charge in [0.1, 0.15) is 5.82 Å². The van der Waals surface area contributed by atoms with Crippen LogP contribution in [0.3, 0.4) is 0 Å². The Labute approximate surface area is 101 Å². The molecule has 0 fully saturated rings. The number of nitrogens with one attached hydrogen (secondary N) is 1. The van der Waals surface area contributed by atoms with E-state index in [0.717, 1.165) is 12.1 Å². The largest absolute Gasteiger partial charge is 0.358 e. The van der Waals surface area contributed by atoms with E-state index in [-0.39, 0.29) is 17.8 Å². The van der Waals surface area contributed by atoms with Gasteiger partial charge in [0.2, 0.25) is 5.91 Å². The Kier molecular flexibility index (Phi) is 3.05. The quantitative estimate of drug-likeness (QED) is 0.856. The maximum Gasteiger partial charge on any atom is 0.243 e. The van der Waals surface area contributed by atoms with Crippen LogP contribution in [0.5, 0.6) is 0 Å². The monoisotopic (exact) mass is 236 g/mol. The van der Waals surface area contributed by atoms with Gasteiger partial charge in [-0.1, -0.05) is 6.92 Å². The maximum absolute atomic E-state index is 13.5. The fourth-order valence-electron chi connectivity index (χ4n) is 2.05. The summed E-state index contributed by atoms with van der Waals surface area (Å²) >= 11 is 0. The first-order chi connectivity index (χ1) is 8.02. The molecule has 0 bridgehead atoms. The number of anilines is 2. The number of benzene rings is 1. The summed E-state index contributed by atoms with van der Waals surface area (Å²) in [4.78, 5) is 13.6. The van der Waals surface area contributed by atoms with Crippen molar-refractivity contribution in [3.8, 4) is 0 Å². The van der Waals surface area contributed by atoms with E-state index in [1.807, 2.05) is 4.90 Å². The molecule has 1 amide bonds. The minimum Gasteiger partial charge on any atom is -0.358 e. The van der Waals surface area contributed by atoms with Gasteiger partial charge >= 0.3 is 0 Å². The van der Waals surface area contributed by atoms with Crippen LogP contribution in [-0.4, -0.2) is 18.5 Å². The molecule has 0 aromatic heterocycles. The van der Waals surface area contributed by atoms with Crippen molar-refractivity contribution in [1.82, 2.24) is 0 Å². The van der Waals surface area contributed by atoms with E-state index >= 15 is 0 Å². The fourth-order valence-corrected chi connectivity index (χ4v) is 2.05. The van der Waals surface area contributed by atoms with Gasteiger partial charge < -0.3 is 10.2 Å². The average Bonchev–Trinajstić information content (AvgIpc) is 2.29. The Morgan fingerprint density at radius 3 is 2.88 bits per heavy atom. The molecule has 0 aliphatic carbocycles. The lowest BCUT2D eigenvalue weighted by atomic mass is 10.1. The van der Waals surface area contributed by atoms with E-state index in [4.69, 9.17) is 0 Å². The van der Waals surface area contributed by atoms with Crippen LogP contribution in [0.2, 0.25) is 0 Å². The predicted octanol–water partition coefficient (Wildman–Crippen LogP) is 2.69. The fraction of sp³-hybridized carbons (Fsp3) is 0.462. The topological polar surface area (TPSA) is 32.3 Å². The Bertz CT molecular complexity index is 459. The van der Waals surface area contributed by atoms with Gasteiger partial charge in [0.05, 0.1) is 17.9 Å². The highest BCUT2D eigenvalue weighted by Gasteiger charge is 2.25. The highest BCUT2D eigenvalue weighted by Crippen LogP contribution is 2.33. The van der Waals surface area contributed by atoms with Gasteiger partial charge in [-0.15, -0.1) is 0 Å². The second kappa shape index (κ2) is 4.35. The van der Waals surface area contributed by atoms with Crippen LogP contribution in [0.4, 0.5) is 15.8 Å². The number of amides is 1. The summed E-state index contributed by atoms with van der Waals surface area (Å²) in [6, 6.07) is 3.47. The molecule has 1 aromatic carbocycles. The van der Waals surface area contributed by atoms with Crippen LogP contribution in [-0.2, 0) is 4.79 Å². The number of nitrogens with zero attached hydrogens (tertiary/aromatic N) is 1. The molecule has 92 valence electrons. The minimum absolute atomic E-state index is 0.0824. The molecule has 1 aliphatic rings. The van der Waals surface area contributed by atoms with E-state index in [9.17, 15) is 9.18 Å². The zero-order chi connectivity index (χ0) is 12.6. The van der Waals surface area contributed by atoms with Gasteiger partial charge in [-0.3, -0.25) is 4.79 Å². The first kappa shape index (κ1) is 11.9. The molecule has 0 saturated carbocycles. The van der Waals surface area contributed by atoms with Gasteiger partial charge in [-0.25, -0.2) is 4.39 Å². The average molecular weight is 236 g/mol. The molecule has 3 nitrogen and oxygen atoms in total. The van der Waals surface area contributed by atoms with Crippen molar-refractivity contribution in [2.24, 2.45) is 0 Å². The number of hydrogen-bond acceptors (Lipinski definition) is 2. The smallest absolute Gasteiger partial charge is 0.243 e. The first-order valence-electron chi connectivity index (χ1n) is 5.89. The molecule has 1 aliphatic heterocycles. The Morgan fingerprint density at radius 2 is 2.24 bits per heavy atom. The van der Waals surface area contributed by atoms with Crippen LogP contribution in [0.25, 0.3) is 0 Å². The number of hydrogen-bond donors (Lipinski definition) is 1. The highest BCUT2D eigenvalue weighted by atomic mass is 19.1. The van der Waals surface area contributed by atoms with Crippen LogP contribution in [0.15, 0.2) is 12.1 Å². The van der Waals surface area contributed by atoms with Crippen molar-refractivity contribution in [2.75, 3.05) is 16.8 Å². The molecule has 2 rings (SSSR count). The SMILES string of the molecule is CCC(C)N1CC(=O)Nc2cc(F)c(C)cc21. The van der Waals surface area contributed by atoms with E-state index in [2.05, 4.69) is 19.2 Å². The number of halogens is 1. The minimum atomic E-state index is -0.282. The third-order valence-corrected chi connectivity index (χ3v) is 3.30. The molecule has 0 spiro atoms. The molecular weight excluding hydrogens is 219 g/mol. The number of aryl methyl sites for hydroxylation is 1. The normalized spacial score (nSPS) is 16.5. The Morgan fingerprint density at radius 1 is 1.53 bits per heavy atom. The van der Waals surface area contributed by atoms with E-state index < -0.39 is 0 Å². The number of rotatable bonds is 2. The Hall–Kier alpha value is -1.58. The highest BCUT2D eigenvalue weighted by molar-refractivity contribution is 6.01. The lowest BCUT2D eigenvalue weighted by molar-refractivity contribution is -0.115. The van der Waals surface area contributed by atoms with Crippen LogP contribution >= 0.6 is 0 Å². The summed E-state index contributed by atoms with van der Waals surface area (Å²) in [7, 11) is 0. The third-order valence-electron chi connectivity index (χ3n) is 3.30. The van der Waals surface area contributed by atoms with Crippen LogP contribution < -0.4 is 10.2 Å². The van der Waals surface area contributed by atoms with E-state index in [1.54, 1.807) is 13.0 Å². The molecule has 0 radical (unpaired) electrons. The Balaban J connectivity index is 2.48. The summed E-state index contributed by atoms with van der Waals surface area (Å²) in [5.41, 5.74) is 2.09. The van der Waals surface area contributed by atoms with Crippen molar-refractivity contribution >= 4 is 17.3 Å². The van der Waals surface area contributed by atoms with Gasteiger partial charge in [-0.05, 0) is 38.0 Å². The molecule has 1 heterocycles. The van der Waals surface area contributed by atoms with Crippen LogP contribution in [0, 0.1) is 12.7 Å². The van der Waals surface area contributed by atoms with Crippen LogP contribution in [0.1, 0.15) is 25.8 Å². The summed E-state index contributed by atoms with van der Waals surface area (Å²) in [6.07, 6.45) is 0.948. The van der Waals surface area contributed by atoms with Gasteiger partial charge in [-0.2, -0.15) is 0 Å². The molecule has 1 aromatic rings. The lowest BCUT2D eigenvalue weighted by Crippen LogP contribution is -2.43. The van der Waals surface area contributed by atoms with Crippen molar-refractivity contribution in [3.63, 3.8) is 0 Å². The predicted molar refractivity (Wildman–Crippen MR) is 66.9 cm³/mol. The molecular formula is C13H17FN2O. The van der Waals surface area contributed by atoms with E-state index in [0.29, 0.717) is 17.8 Å². The van der Waals surface area contributed by atoms with E-state index in [1.165, 1.54) is 6.07 Å². The molecule has 0 saturated heterocycles. The second-order valence-corrected chi connectivity index (χ2v) is 4.55. The van der Waals surface area contributed by atoms with Gasteiger partial charge in [0, 0.05) is 6.04 Å². The summed E-state index contributed by atoms with van der Waals surface area (Å²) in [5.74, 6) is -0.365. The van der Waals surface area contributed by atoms with Crippen molar-refractivity contribution in [1.29, 1.82) is 0 Å². The zero-order valence-electron chi connectivity index (χ0n) is 10.4. The second-order valence-electron chi connectivity index (χ2n) is 4.55. The molecule has 1 atom stereocenters. The molecule has 17 heavy (non-hydrogen) atoms. The standard InChI is InChI=1S/C13H17FN2O/c1-4-9(3)16-7-13(17)15-11-6-10(14)8(2)5-12(11)16/h5-6,9H,4,7H2,1-3H3,(H,15,17). The van der Waals surface area contributed by atoms with Crippen molar-refractivity contribution in [2.45, 2.75) is 33.2 Å². The third kappa shape index (κ3) is 2.12. The molecule has 4 heteroatoms. The molecule has 1 unspecified atom stereocenters. The molecule has 1 N–H and O–H groups in total. The van der Waals surface area contributed by atoms with Gasteiger partial charge in [0.25, 0.3) is 0 Å². The summed E-state index contributed by atoms with van der Waals surface area (Å²) < 4.78 is 13.5. The summed E-state index contributed by atoms with van der Waals surface area (Å²) in [5, 5.41) is 2.72. The van der Waals surface area contributed by atoms with Gasteiger partial charge in [0.15, 0.2) is 0 Å². The van der Waals surface area contributed by atoms with Crippen molar-refractivity contribution in [3.05, 3.63) is 23.5 Å². The number of carbonyl (C=O) groups excluding carboxylic acids is 1. The maximum atomic E-state index is 13.5. The summed E-state index contributed by atoms with van der Waals surface area (Å²) in [6.45, 7) is 6.22. The number of fused-ring (bicyclic) bond motifs is 1. The van der Waals surface area contributed by atoms with Crippen molar-refractivity contribution < 1.29 is 9.18 Å².